The third kappa shape index (κ3) is 3.00. The van der Waals surface area contributed by atoms with E-state index in [1.807, 2.05) is 19.2 Å². The second-order valence-electron chi connectivity index (χ2n) is 3.76. The number of nitrogens with zero attached hydrogens (tertiary/aromatic N) is 1. The summed E-state index contributed by atoms with van der Waals surface area (Å²) in [6.45, 7) is 0. The van der Waals surface area contributed by atoms with Gasteiger partial charge in [0.1, 0.15) is 5.82 Å². The molecule has 0 spiro atoms. The first-order chi connectivity index (χ1) is 8.20. The minimum Gasteiger partial charge on any atom is -0.347 e. The average Bonchev–Trinajstić information content (AvgIpc) is 2.84. The molecule has 0 saturated heterocycles. The van der Waals surface area contributed by atoms with Crippen LogP contribution in [-0.2, 0) is 6.42 Å². The van der Waals surface area contributed by atoms with Crippen molar-refractivity contribution in [2.24, 2.45) is 0 Å². The first kappa shape index (κ1) is 12.4. The highest BCUT2D eigenvalue weighted by atomic mass is 35.5. The molecule has 0 radical (unpaired) electrons. The molecule has 2 N–H and O–H groups in total. The molecule has 1 aromatic heterocycles. The van der Waals surface area contributed by atoms with Crippen LogP contribution in [0.5, 0.6) is 0 Å². The van der Waals surface area contributed by atoms with Gasteiger partial charge in [0.15, 0.2) is 0 Å². The van der Waals surface area contributed by atoms with Crippen LogP contribution in [0.2, 0.25) is 10.0 Å². The maximum Gasteiger partial charge on any atom is 0.123 e. The average molecular weight is 270 g/mol. The van der Waals surface area contributed by atoms with Gasteiger partial charge in [0.05, 0.1) is 6.04 Å². The zero-order valence-electron chi connectivity index (χ0n) is 9.37. The highest BCUT2D eigenvalue weighted by Crippen LogP contribution is 2.24. The second kappa shape index (κ2) is 5.54. The molecule has 90 valence electrons. The Bertz CT molecular complexity index is 483. The molecule has 3 nitrogen and oxygen atoms in total. The predicted molar refractivity (Wildman–Crippen MR) is 70.6 cm³/mol. The Balaban J connectivity index is 2.21. The Kier molecular flexibility index (Phi) is 4.05. The number of benzene rings is 1. The number of aromatic nitrogens is 2. The van der Waals surface area contributed by atoms with Crippen molar-refractivity contribution in [2.45, 2.75) is 12.5 Å². The fourth-order valence-corrected chi connectivity index (χ4v) is 2.11. The lowest BCUT2D eigenvalue weighted by molar-refractivity contribution is 0.563. The van der Waals surface area contributed by atoms with Gasteiger partial charge in [-0.25, -0.2) is 4.98 Å². The van der Waals surface area contributed by atoms with Crippen molar-refractivity contribution in [3.05, 3.63) is 52.0 Å². The quantitative estimate of drug-likeness (QED) is 0.895. The molecule has 0 saturated carbocycles. The molecule has 1 aromatic carbocycles. The number of H-pyrrole nitrogens is 1. The van der Waals surface area contributed by atoms with Crippen LogP contribution in [0.1, 0.15) is 17.4 Å². The smallest absolute Gasteiger partial charge is 0.123 e. The van der Waals surface area contributed by atoms with Gasteiger partial charge in [-0.3, -0.25) is 0 Å². The van der Waals surface area contributed by atoms with E-state index in [0.717, 1.165) is 22.8 Å². The van der Waals surface area contributed by atoms with E-state index in [0.29, 0.717) is 5.02 Å². The van der Waals surface area contributed by atoms with Crippen LogP contribution in [0.3, 0.4) is 0 Å². The molecule has 0 fully saturated rings. The highest BCUT2D eigenvalue weighted by molar-refractivity contribution is 6.33. The zero-order valence-corrected chi connectivity index (χ0v) is 10.9. The molecular formula is C12H13Cl2N3. The number of likely N-dealkylation sites (N-methyl/N-ethyl adjacent to an activating group) is 1. The van der Waals surface area contributed by atoms with Gasteiger partial charge in [0.2, 0.25) is 0 Å². The molecule has 2 rings (SSSR count). The van der Waals surface area contributed by atoms with Gasteiger partial charge >= 0.3 is 0 Å². The molecule has 0 bridgehead atoms. The van der Waals surface area contributed by atoms with Crippen LogP contribution in [0.15, 0.2) is 30.6 Å². The lowest BCUT2D eigenvalue weighted by Crippen LogP contribution is -2.20. The van der Waals surface area contributed by atoms with Crippen molar-refractivity contribution < 1.29 is 0 Å². The normalized spacial score (nSPS) is 12.6. The Morgan fingerprint density at radius 1 is 1.41 bits per heavy atom. The summed E-state index contributed by atoms with van der Waals surface area (Å²) in [5.74, 6) is 0.892. The summed E-state index contributed by atoms with van der Waals surface area (Å²) in [6.07, 6.45) is 4.28. The van der Waals surface area contributed by atoms with E-state index in [-0.39, 0.29) is 6.04 Å². The Morgan fingerprint density at radius 2 is 2.24 bits per heavy atom. The van der Waals surface area contributed by atoms with Crippen molar-refractivity contribution in [1.82, 2.24) is 15.3 Å². The molecule has 17 heavy (non-hydrogen) atoms. The monoisotopic (exact) mass is 269 g/mol. The maximum absolute atomic E-state index is 6.14. The summed E-state index contributed by atoms with van der Waals surface area (Å²) in [5, 5.41) is 4.62. The lowest BCUT2D eigenvalue weighted by Gasteiger charge is -2.14. The third-order valence-corrected chi connectivity index (χ3v) is 3.23. The Labute approximate surface area is 110 Å². The molecule has 5 heteroatoms. The fourth-order valence-electron chi connectivity index (χ4n) is 1.72. The Hall–Kier alpha value is -1.03. The summed E-state index contributed by atoms with van der Waals surface area (Å²) < 4.78 is 0. The van der Waals surface area contributed by atoms with Gasteiger partial charge in [0, 0.05) is 22.4 Å². The largest absolute Gasteiger partial charge is 0.347 e. The number of halogens is 2. The summed E-state index contributed by atoms with van der Waals surface area (Å²) in [7, 11) is 1.89. The van der Waals surface area contributed by atoms with E-state index in [2.05, 4.69) is 15.3 Å². The standard InChI is InChI=1S/C12H13Cl2N3/c1-15-11(12-16-4-5-17-12)7-8-6-9(13)2-3-10(8)14/h2-6,11,15H,7H2,1H3,(H,16,17). The number of imidazole rings is 1. The molecule has 1 atom stereocenters. The topological polar surface area (TPSA) is 40.7 Å². The molecule has 0 aliphatic carbocycles. The van der Waals surface area contributed by atoms with Crippen molar-refractivity contribution in [3.63, 3.8) is 0 Å². The van der Waals surface area contributed by atoms with Crippen molar-refractivity contribution >= 4 is 23.2 Å². The number of hydrogen-bond donors (Lipinski definition) is 2. The second-order valence-corrected chi connectivity index (χ2v) is 4.60. The zero-order chi connectivity index (χ0) is 12.3. The van der Waals surface area contributed by atoms with E-state index >= 15 is 0 Å². The molecule has 0 amide bonds. The minimum absolute atomic E-state index is 0.0981. The molecule has 1 unspecified atom stereocenters. The van der Waals surface area contributed by atoms with Crippen LogP contribution in [0, 0.1) is 0 Å². The first-order valence-electron chi connectivity index (χ1n) is 5.31. The van der Waals surface area contributed by atoms with Gasteiger partial charge in [-0.1, -0.05) is 23.2 Å². The van der Waals surface area contributed by atoms with Crippen LogP contribution in [0.25, 0.3) is 0 Å². The number of rotatable bonds is 4. The summed E-state index contributed by atoms with van der Waals surface area (Å²) in [4.78, 5) is 7.33. The highest BCUT2D eigenvalue weighted by Gasteiger charge is 2.14. The van der Waals surface area contributed by atoms with E-state index in [1.54, 1.807) is 18.5 Å². The van der Waals surface area contributed by atoms with E-state index in [9.17, 15) is 0 Å². The van der Waals surface area contributed by atoms with Crippen LogP contribution in [0.4, 0.5) is 0 Å². The number of hydrogen-bond acceptors (Lipinski definition) is 2. The molecular weight excluding hydrogens is 257 g/mol. The summed E-state index contributed by atoms with van der Waals surface area (Å²) in [5.41, 5.74) is 1.01. The third-order valence-electron chi connectivity index (χ3n) is 2.63. The van der Waals surface area contributed by atoms with Crippen LogP contribution < -0.4 is 5.32 Å². The number of aromatic amines is 1. The van der Waals surface area contributed by atoms with E-state index in [1.165, 1.54) is 0 Å². The first-order valence-corrected chi connectivity index (χ1v) is 6.06. The SMILES string of the molecule is CNC(Cc1cc(Cl)ccc1Cl)c1ncc[nH]1. The van der Waals surface area contributed by atoms with Crippen LogP contribution >= 0.6 is 23.2 Å². The van der Waals surface area contributed by atoms with Gasteiger partial charge in [-0.15, -0.1) is 0 Å². The Morgan fingerprint density at radius 3 is 2.88 bits per heavy atom. The lowest BCUT2D eigenvalue weighted by atomic mass is 10.1. The van der Waals surface area contributed by atoms with Gasteiger partial charge in [-0.05, 0) is 37.2 Å². The predicted octanol–water partition coefficient (Wildman–Crippen LogP) is 3.22. The van der Waals surface area contributed by atoms with Crippen molar-refractivity contribution in [2.75, 3.05) is 7.05 Å². The molecule has 0 aliphatic rings. The molecule has 1 heterocycles. The maximum atomic E-state index is 6.14. The molecule has 0 aliphatic heterocycles. The minimum atomic E-state index is 0.0981. The fraction of sp³-hybridized carbons (Fsp3) is 0.250. The van der Waals surface area contributed by atoms with Gasteiger partial charge in [0.25, 0.3) is 0 Å². The van der Waals surface area contributed by atoms with Gasteiger partial charge < -0.3 is 10.3 Å². The van der Waals surface area contributed by atoms with Gasteiger partial charge in [-0.2, -0.15) is 0 Å². The number of nitrogens with one attached hydrogen (secondary N) is 2. The summed E-state index contributed by atoms with van der Waals surface area (Å²) >= 11 is 12.1. The van der Waals surface area contributed by atoms with Crippen molar-refractivity contribution in [1.29, 1.82) is 0 Å². The molecule has 2 aromatic rings. The van der Waals surface area contributed by atoms with E-state index in [4.69, 9.17) is 23.2 Å². The summed E-state index contributed by atoms with van der Waals surface area (Å²) in [6, 6.07) is 5.58. The van der Waals surface area contributed by atoms with E-state index < -0.39 is 0 Å². The van der Waals surface area contributed by atoms with Crippen molar-refractivity contribution in [3.8, 4) is 0 Å². The van der Waals surface area contributed by atoms with Crippen LogP contribution in [-0.4, -0.2) is 17.0 Å².